The van der Waals surface area contributed by atoms with E-state index in [0.717, 1.165) is 17.5 Å². The van der Waals surface area contributed by atoms with Crippen LogP contribution < -0.4 is 9.62 Å². The number of hydrogen-bond acceptors (Lipinski definition) is 4. The third-order valence-electron chi connectivity index (χ3n) is 5.96. The number of rotatable bonds is 14. The van der Waals surface area contributed by atoms with Gasteiger partial charge in [0.15, 0.2) is 0 Å². The molecule has 0 saturated carbocycles. The van der Waals surface area contributed by atoms with Gasteiger partial charge < -0.3 is 10.2 Å². The fraction of sp³-hybridized carbons (Fsp3) is 0.481. The van der Waals surface area contributed by atoms with Crippen LogP contribution in [0.2, 0.25) is 0 Å². The Hall–Kier alpha value is -2.87. The van der Waals surface area contributed by atoms with Crippen molar-refractivity contribution in [2.75, 3.05) is 30.2 Å². The number of benzene rings is 2. The van der Waals surface area contributed by atoms with E-state index >= 15 is 0 Å². The Morgan fingerprint density at radius 2 is 1.63 bits per heavy atom. The molecule has 0 heterocycles. The standard InChI is InChI=1S/C27H39N3O4S/c1-5-19-28-27(32)24(6-2)29(21-18-23-14-8-7-9-15-23)26(31)17-12-20-30(35(4,33)34)25-16-11-10-13-22(25)3/h7-11,13-16,24H,5-6,12,17-21H2,1-4H3,(H,28,32). The van der Waals surface area contributed by atoms with Crippen molar-refractivity contribution in [3.63, 3.8) is 0 Å². The molecule has 1 unspecified atom stereocenters. The number of carbonyl (C=O) groups excluding carboxylic acids is 2. The van der Waals surface area contributed by atoms with Gasteiger partial charge in [0.1, 0.15) is 6.04 Å². The molecule has 0 aliphatic heterocycles. The Bertz CT molecular complexity index is 1060. The quantitative estimate of drug-likeness (QED) is 0.425. The lowest BCUT2D eigenvalue weighted by molar-refractivity contribution is -0.140. The number of nitrogens with one attached hydrogen (secondary N) is 1. The summed E-state index contributed by atoms with van der Waals surface area (Å²) in [4.78, 5) is 27.9. The molecule has 2 amide bonds. The molecule has 2 aromatic rings. The molecule has 0 fully saturated rings. The number of anilines is 1. The predicted octanol–water partition coefficient (Wildman–Crippen LogP) is 3.92. The zero-order valence-electron chi connectivity index (χ0n) is 21.4. The highest BCUT2D eigenvalue weighted by Gasteiger charge is 2.28. The van der Waals surface area contributed by atoms with Gasteiger partial charge in [0.2, 0.25) is 21.8 Å². The molecule has 0 radical (unpaired) electrons. The molecule has 7 nitrogen and oxygen atoms in total. The monoisotopic (exact) mass is 501 g/mol. The van der Waals surface area contributed by atoms with Crippen LogP contribution in [0, 0.1) is 6.92 Å². The van der Waals surface area contributed by atoms with Crippen molar-refractivity contribution in [1.82, 2.24) is 10.2 Å². The maximum Gasteiger partial charge on any atom is 0.242 e. The Morgan fingerprint density at radius 3 is 2.23 bits per heavy atom. The van der Waals surface area contributed by atoms with Gasteiger partial charge in [0, 0.05) is 26.1 Å². The largest absolute Gasteiger partial charge is 0.354 e. The van der Waals surface area contributed by atoms with Gasteiger partial charge in [0.25, 0.3) is 0 Å². The number of para-hydroxylation sites is 1. The molecule has 2 rings (SSSR count). The molecule has 0 aromatic heterocycles. The average molecular weight is 502 g/mol. The lowest BCUT2D eigenvalue weighted by Crippen LogP contribution is -2.50. The lowest BCUT2D eigenvalue weighted by atomic mass is 10.1. The molecule has 0 bridgehead atoms. The number of amides is 2. The zero-order valence-corrected chi connectivity index (χ0v) is 22.2. The van der Waals surface area contributed by atoms with Crippen LogP contribution in [0.3, 0.4) is 0 Å². The SMILES string of the molecule is CCCNC(=O)C(CC)N(CCc1ccccc1)C(=O)CCCN(c1ccccc1C)S(C)(=O)=O. The van der Waals surface area contributed by atoms with Crippen LogP contribution in [-0.4, -0.2) is 57.1 Å². The molecule has 0 spiro atoms. The molecule has 0 aliphatic rings. The fourth-order valence-electron chi connectivity index (χ4n) is 4.09. The second-order valence-electron chi connectivity index (χ2n) is 8.76. The van der Waals surface area contributed by atoms with Gasteiger partial charge in [0.05, 0.1) is 11.9 Å². The fourth-order valence-corrected chi connectivity index (χ4v) is 5.11. The highest BCUT2D eigenvalue weighted by Crippen LogP contribution is 2.23. The molecule has 2 aromatic carbocycles. The summed E-state index contributed by atoms with van der Waals surface area (Å²) >= 11 is 0. The topological polar surface area (TPSA) is 86.8 Å². The maximum atomic E-state index is 13.4. The van der Waals surface area contributed by atoms with E-state index in [4.69, 9.17) is 0 Å². The third-order valence-corrected chi connectivity index (χ3v) is 7.14. The van der Waals surface area contributed by atoms with E-state index in [0.29, 0.717) is 38.0 Å². The average Bonchev–Trinajstić information content (AvgIpc) is 2.83. The summed E-state index contributed by atoms with van der Waals surface area (Å²) in [5, 5.41) is 2.92. The summed E-state index contributed by atoms with van der Waals surface area (Å²) in [5.41, 5.74) is 2.57. The molecular weight excluding hydrogens is 462 g/mol. The van der Waals surface area contributed by atoms with Crippen molar-refractivity contribution in [3.05, 3.63) is 65.7 Å². The van der Waals surface area contributed by atoms with Crippen LogP contribution in [0.4, 0.5) is 5.69 Å². The second-order valence-corrected chi connectivity index (χ2v) is 10.7. The molecule has 8 heteroatoms. The summed E-state index contributed by atoms with van der Waals surface area (Å²) < 4.78 is 26.3. The van der Waals surface area contributed by atoms with Gasteiger partial charge in [-0.05, 0) is 49.8 Å². The summed E-state index contributed by atoms with van der Waals surface area (Å²) in [7, 11) is -3.51. The van der Waals surface area contributed by atoms with Crippen molar-refractivity contribution < 1.29 is 18.0 Å². The Labute approximate surface area is 210 Å². The van der Waals surface area contributed by atoms with E-state index in [9.17, 15) is 18.0 Å². The van der Waals surface area contributed by atoms with Crippen molar-refractivity contribution >= 4 is 27.5 Å². The van der Waals surface area contributed by atoms with Crippen molar-refractivity contribution in [3.8, 4) is 0 Å². The highest BCUT2D eigenvalue weighted by molar-refractivity contribution is 7.92. The summed E-state index contributed by atoms with van der Waals surface area (Å²) in [6.45, 7) is 6.94. The predicted molar refractivity (Wildman–Crippen MR) is 142 cm³/mol. The minimum absolute atomic E-state index is 0.141. The molecule has 1 N–H and O–H groups in total. The van der Waals surface area contributed by atoms with Crippen LogP contribution >= 0.6 is 0 Å². The van der Waals surface area contributed by atoms with Crippen LogP contribution in [0.15, 0.2) is 54.6 Å². The first-order valence-corrected chi connectivity index (χ1v) is 14.2. The third kappa shape index (κ3) is 8.69. The van der Waals surface area contributed by atoms with Crippen molar-refractivity contribution in [2.24, 2.45) is 0 Å². The van der Waals surface area contributed by atoms with Crippen molar-refractivity contribution in [1.29, 1.82) is 0 Å². The van der Waals surface area contributed by atoms with E-state index in [1.54, 1.807) is 17.0 Å². The molecule has 0 saturated heterocycles. The number of nitrogens with zero attached hydrogens (tertiary/aromatic N) is 2. The first-order valence-electron chi connectivity index (χ1n) is 12.3. The van der Waals surface area contributed by atoms with E-state index in [2.05, 4.69) is 5.32 Å². The van der Waals surface area contributed by atoms with Gasteiger partial charge in [-0.3, -0.25) is 13.9 Å². The number of aryl methyl sites for hydroxylation is 1. The number of sulfonamides is 1. The Balaban J connectivity index is 2.15. The maximum absolute atomic E-state index is 13.4. The van der Waals surface area contributed by atoms with E-state index in [1.165, 1.54) is 10.6 Å². The molecule has 1 atom stereocenters. The van der Waals surface area contributed by atoms with E-state index in [-0.39, 0.29) is 24.8 Å². The van der Waals surface area contributed by atoms with E-state index in [1.807, 2.05) is 63.2 Å². The molecule has 35 heavy (non-hydrogen) atoms. The molecule has 0 aliphatic carbocycles. The minimum Gasteiger partial charge on any atom is -0.354 e. The number of hydrogen-bond donors (Lipinski definition) is 1. The van der Waals surface area contributed by atoms with Crippen LogP contribution in [0.5, 0.6) is 0 Å². The Kier molecular flexibility index (Phi) is 11.2. The molecule has 192 valence electrons. The normalized spacial score (nSPS) is 12.1. The Morgan fingerprint density at radius 1 is 0.971 bits per heavy atom. The van der Waals surface area contributed by atoms with Gasteiger partial charge in [-0.1, -0.05) is 62.4 Å². The number of carbonyl (C=O) groups is 2. The lowest BCUT2D eigenvalue weighted by Gasteiger charge is -2.31. The van der Waals surface area contributed by atoms with E-state index < -0.39 is 16.1 Å². The van der Waals surface area contributed by atoms with Crippen LogP contribution in [0.25, 0.3) is 0 Å². The second kappa shape index (κ2) is 13.9. The summed E-state index contributed by atoms with van der Waals surface area (Å²) in [5.74, 6) is -0.286. The first kappa shape index (κ1) is 28.4. The summed E-state index contributed by atoms with van der Waals surface area (Å²) in [6.07, 6.45) is 3.66. The first-order chi connectivity index (χ1) is 16.7. The highest BCUT2D eigenvalue weighted by atomic mass is 32.2. The van der Waals surface area contributed by atoms with Gasteiger partial charge >= 0.3 is 0 Å². The van der Waals surface area contributed by atoms with Crippen LogP contribution in [0.1, 0.15) is 50.7 Å². The zero-order chi connectivity index (χ0) is 25.8. The molecular formula is C27H39N3O4S. The van der Waals surface area contributed by atoms with Crippen molar-refractivity contribution in [2.45, 2.75) is 58.9 Å². The van der Waals surface area contributed by atoms with Gasteiger partial charge in [-0.2, -0.15) is 0 Å². The van der Waals surface area contributed by atoms with Gasteiger partial charge in [-0.15, -0.1) is 0 Å². The van der Waals surface area contributed by atoms with Gasteiger partial charge in [-0.25, -0.2) is 8.42 Å². The minimum atomic E-state index is -3.51. The summed E-state index contributed by atoms with van der Waals surface area (Å²) in [6, 6.07) is 16.6. The smallest absolute Gasteiger partial charge is 0.242 e. The van der Waals surface area contributed by atoms with Crippen LogP contribution in [-0.2, 0) is 26.0 Å².